The van der Waals surface area contributed by atoms with Crippen LogP contribution in [0.3, 0.4) is 0 Å². The molecule has 0 fully saturated rings. The Labute approximate surface area is 124 Å². The van der Waals surface area contributed by atoms with Crippen LogP contribution in [0, 0.1) is 34.9 Å². The van der Waals surface area contributed by atoms with E-state index in [1.165, 1.54) is 0 Å². The first-order valence-electron chi connectivity index (χ1n) is 6.00. The van der Waals surface area contributed by atoms with Gasteiger partial charge in [0.25, 0.3) is 11.8 Å². The van der Waals surface area contributed by atoms with Gasteiger partial charge in [-0.1, -0.05) is 0 Å². The van der Waals surface area contributed by atoms with E-state index < -0.39 is 57.8 Å². The monoisotopic (exact) mass is 330 g/mol. The molecular weight excluding hydrogens is 326 g/mol. The Balaban J connectivity index is 2.08. The lowest BCUT2D eigenvalue weighted by atomic mass is 10.2. The molecule has 0 saturated heterocycles. The van der Waals surface area contributed by atoms with Crippen molar-refractivity contribution in [3.8, 4) is 22.9 Å². The van der Waals surface area contributed by atoms with Crippen LogP contribution in [0.15, 0.2) is 28.7 Å². The third-order valence-electron chi connectivity index (χ3n) is 2.91. The van der Waals surface area contributed by atoms with Crippen molar-refractivity contribution in [2.24, 2.45) is 0 Å². The van der Waals surface area contributed by atoms with Gasteiger partial charge in [0, 0.05) is 12.1 Å². The van der Waals surface area contributed by atoms with Gasteiger partial charge < -0.3 is 4.42 Å². The van der Waals surface area contributed by atoms with Crippen LogP contribution >= 0.6 is 0 Å². The molecule has 23 heavy (non-hydrogen) atoms. The van der Waals surface area contributed by atoms with E-state index in [-0.39, 0.29) is 12.1 Å². The quantitative estimate of drug-likeness (QED) is 0.521. The van der Waals surface area contributed by atoms with Crippen molar-refractivity contribution in [2.75, 3.05) is 0 Å². The number of hydrogen-bond acceptors (Lipinski definition) is 3. The van der Waals surface area contributed by atoms with Gasteiger partial charge >= 0.3 is 0 Å². The molecule has 118 valence electrons. The fourth-order valence-corrected chi connectivity index (χ4v) is 1.81. The number of benzene rings is 2. The molecule has 3 aromatic rings. The summed E-state index contributed by atoms with van der Waals surface area (Å²) in [5.41, 5.74) is -1.13. The average Bonchev–Trinajstić information content (AvgIpc) is 2.96. The van der Waals surface area contributed by atoms with Gasteiger partial charge in [-0.05, 0) is 12.1 Å². The molecule has 0 spiro atoms. The fraction of sp³-hybridized carbons (Fsp3) is 0. The molecule has 0 N–H and O–H groups in total. The van der Waals surface area contributed by atoms with Crippen LogP contribution in [0.2, 0.25) is 0 Å². The third-order valence-corrected chi connectivity index (χ3v) is 2.91. The van der Waals surface area contributed by atoms with Crippen LogP contribution in [0.5, 0.6) is 0 Å². The standard InChI is InChI=1S/C14H4F6N2O/c15-7-3-11(19)9(17)1-5(7)13-21-22-14(23-13)6-2-10(18)12(20)4-8(6)16/h1-4H. The van der Waals surface area contributed by atoms with E-state index in [1.54, 1.807) is 0 Å². The molecule has 3 nitrogen and oxygen atoms in total. The highest BCUT2D eigenvalue weighted by Gasteiger charge is 2.20. The topological polar surface area (TPSA) is 38.9 Å². The number of halogens is 6. The highest BCUT2D eigenvalue weighted by atomic mass is 19.2. The average molecular weight is 330 g/mol. The van der Waals surface area contributed by atoms with E-state index in [4.69, 9.17) is 4.42 Å². The minimum atomic E-state index is -1.42. The number of rotatable bonds is 2. The summed E-state index contributed by atoms with van der Waals surface area (Å²) in [6.07, 6.45) is 0. The summed E-state index contributed by atoms with van der Waals surface area (Å²) in [7, 11) is 0. The highest BCUT2D eigenvalue weighted by molar-refractivity contribution is 5.59. The smallest absolute Gasteiger partial charge is 0.251 e. The van der Waals surface area contributed by atoms with Gasteiger partial charge in [0.1, 0.15) is 11.6 Å². The Hall–Kier alpha value is -2.84. The summed E-state index contributed by atoms with van der Waals surface area (Å²) < 4.78 is 84.2. The van der Waals surface area contributed by atoms with Crippen LogP contribution in [-0.4, -0.2) is 10.2 Å². The molecule has 0 unspecified atom stereocenters. The van der Waals surface area contributed by atoms with Crippen LogP contribution in [0.25, 0.3) is 22.9 Å². The first-order chi connectivity index (χ1) is 10.9. The number of nitrogens with zero attached hydrogens (tertiary/aromatic N) is 2. The Morgan fingerprint density at radius 3 is 1.26 bits per heavy atom. The van der Waals surface area contributed by atoms with Gasteiger partial charge in [0.2, 0.25) is 0 Å². The lowest BCUT2D eigenvalue weighted by molar-refractivity contribution is 0.490. The van der Waals surface area contributed by atoms with Crippen molar-refractivity contribution in [3.05, 3.63) is 59.2 Å². The van der Waals surface area contributed by atoms with Crippen LogP contribution in [0.1, 0.15) is 0 Å². The Bertz CT molecular complexity index is 837. The van der Waals surface area contributed by atoms with E-state index >= 15 is 0 Å². The Morgan fingerprint density at radius 1 is 0.522 bits per heavy atom. The lowest BCUT2D eigenvalue weighted by Crippen LogP contribution is -1.91. The zero-order chi connectivity index (χ0) is 16.7. The fourth-order valence-electron chi connectivity index (χ4n) is 1.81. The second-order valence-corrected chi connectivity index (χ2v) is 4.40. The van der Waals surface area contributed by atoms with E-state index in [2.05, 4.69) is 10.2 Å². The van der Waals surface area contributed by atoms with Crippen molar-refractivity contribution >= 4 is 0 Å². The Morgan fingerprint density at radius 2 is 0.870 bits per heavy atom. The molecule has 0 aliphatic carbocycles. The number of aromatic nitrogens is 2. The van der Waals surface area contributed by atoms with Gasteiger partial charge in [-0.2, -0.15) is 0 Å². The van der Waals surface area contributed by atoms with E-state index in [0.29, 0.717) is 12.1 Å². The molecule has 0 aliphatic heterocycles. The summed E-state index contributed by atoms with van der Waals surface area (Å²) in [5, 5.41) is 6.72. The molecule has 0 aliphatic rings. The highest BCUT2D eigenvalue weighted by Crippen LogP contribution is 2.29. The first kappa shape index (κ1) is 15.1. The van der Waals surface area contributed by atoms with E-state index in [0.717, 1.165) is 0 Å². The van der Waals surface area contributed by atoms with Crippen molar-refractivity contribution in [1.29, 1.82) is 0 Å². The van der Waals surface area contributed by atoms with Gasteiger partial charge in [0.15, 0.2) is 23.3 Å². The van der Waals surface area contributed by atoms with Crippen LogP contribution in [0.4, 0.5) is 26.3 Å². The molecule has 0 atom stereocenters. The van der Waals surface area contributed by atoms with Crippen LogP contribution < -0.4 is 0 Å². The molecule has 1 heterocycles. The minimum absolute atomic E-state index is 0.271. The Kier molecular flexibility index (Phi) is 3.55. The van der Waals surface area contributed by atoms with E-state index in [9.17, 15) is 26.3 Å². The molecule has 0 radical (unpaired) electrons. The lowest BCUT2D eigenvalue weighted by Gasteiger charge is -2.00. The molecular formula is C14H4F6N2O. The van der Waals surface area contributed by atoms with Crippen molar-refractivity contribution in [1.82, 2.24) is 10.2 Å². The molecule has 0 bridgehead atoms. The summed E-state index contributed by atoms with van der Waals surface area (Å²) in [6, 6.07) is 1.49. The second kappa shape index (κ2) is 5.41. The summed E-state index contributed by atoms with van der Waals surface area (Å²) in [6.45, 7) is 0. The predicted octanol–water partition coefficient (Wildman–Crippen LogP) is 4.24. The summed E-state index contributed by atoms with van der Waals surface area (Å²) >= 11 is 0. The molecule has 0 amide bonds. The summed E-state index contributed by atoms with van der Waals surface area (Å²) in [5.74, 6) is -9.11. The first-order valence-corrected chi connectivity index (χ1v) is 6.00. The zero-order valence-electron chi connectivity index (χ0n) is 10.9. The van der Waals surface area contributed by atoms with Crippen molar-refractivity contribution < 1.29 is 30.8 Å². The SMILES string of the molecule is Fc1cc(F)c(-c2nnc(-c3cc(F)c(F)cc3F)o2)cc1F. The van der Waals surface area contributed by atoms with Crippen LogP contribution in [-0.2, 0) is 0 Å². The molecule has 3 rings (SSSR count). The third kappa shape index (κ3) is 2.65. The number of hydrogen-bond donors (Lipinski definition) is 0. The normalized spacial score (nSPS) is 11.0. The maximum absolute atomic E-state index is 13.6. The van der Waals surface area contributed by atoms with E-state index in [1.807, 2.05) is 0 Å². The van der Waals surface area contributed by atoms with Crippen molar-refractivity contribution in [3.63, 3.8) is 0 Å². The molecule has 2 aromatic carbocycles. The zero-order valence-corrected chi connectivity index (χ0v) is 10.9. The predicted molar refractivity (Wildman–Crippen MR) is 64.9 cm³/mol. The maximum Gasteiger partial charge on any atom is 0.251 e. The maximum atomic E-state index is 13.6. The second-order valence-electron chi connectivity index (χ2n) is 4.40. The summed E-state index contributed by atoms with van der Waals surface area (Å²) in [4.78, 5) is 0. The molecule has 1 aromatic heterocycles. The van der Waals surface area contributed by atoms with Gasteiger partial charge in [0.05, 0.1) is 11.1 Å². The molecule has 0 saturated carbocycles. The largest absolute Gasteiger partial charge is 0.416 e. The minimum Gasteiger partial charge on any atom is -0.416 e. The van der Waals surface area contributed by atoms with Gasteiger partial charge in [-0.15, -0.1) is 10.2 Å². The van der Waals surface area contributed by atoms with Gasteiger partial charge in [-0.25, -0.2) is 26.3 Å². The van der Waals surface area contributed by atoms with Crippen molar-refractivity contribution in [2.45, 2.75) is 0 Å². The molecule has 9 heteroatoms. The van der Waals surface area contributed by atoms with Gasteiger partial charge in [-0.3, -0.25) is 0 Å².